The lowest BCUT2D eigenvalue weighted by Gasteiger charge is -2.36. The Balaban J connectivity index is 1.32. The predicted octanol–water partition coefficient (Wildman–Crippen LogP) is 4.19. The van der Waals surface area contributed by atoms with E-state index in [0.29, 0.717) is 0 Å². The van der Waals surface area contributed by atoms with Crippen molar-refractivity contribution in [1.82, 2.24) is 15.2 Å². The van der Waals surface area contributed by atoms with Gasteiger partial charge >= 0.3 is 6.03 Å². The first-order valence-electron chi connectivity index (χ1n) is 10.1. The van der Waals surface area contributed by atoms with Gasteiger partial charge in [-0.25, -0.2) is 9.78 Å². The fraction of sp³-hybridized carbons (Fsp3) is 0.455. The minimum absolute atomic E-state index is 0.0608. The number of piperazine rings is 1. The third-order valence-electron chi connectivity index (χ3n) is 6.13. The fourth-order valence-corrected chi connectivity index (χ4v) is 4.70. The van der Waals surface area contributed by atoms with E-state index >= 15 is 0 Å². The van der Waals surface area contributed by atoms with Crippen LogP contribution in [0.1, 0.15) is 31.2 Å². The molecule has 28 heavy (non-hydrogen) atoms. The third kappa shape index (κ3) is 4.17. The topological polar surface area (TPSA) is 48.5 Å². The van der Waals surface area contributed by atoms with E-state index < -0.39 is 0 Å². The van der Waals surface area contributed by atoms with E-state index in [0.717, 1.165) is 55.9 Å². The van der Waals surface area contributed by atoms with Gasteiger partial charge in [0.1, 0.15) is 5.82 Å². The van der Waals surface area contributed by atoms with Crippen LogP contribution in [0.2, 0.25) is 0 Å². The number of anilines is 1. The maximum absolute atomic E-state index is 12.8. The van der Waals surface area contributed by atoms with Crippen LogP contribution in [0.25, 0.3) is 0 Å². The number of nitrogens with one attached hydrogen (secondary N) is 1. The van der Waals surface area contributed by atoms with Crippen LogP contribution in [-0.2, 0) is 5.41 Å². The largest absolute Gasteiger partial charge is 0.353 e. The van der Waals surface area contributed by atoms with Gasteiger partial charge in [-0.05, 0) is 46.5 Å². The van der Waals surface area contributed by atoms with Gasteiger partial charge in [-0.15, -0.1) is 0 Å². The Bertz CT molecular complexity index is 782. The predicted molar refractivity (Wildman–Crippen MR) is 116 cm³/mol. The monoisotopic (exact) mass is 442 g/mol. The van der Waals surface area contributed by atoms with Crippen LogP contribution >= 0.6 is 15.9 Å². The fourth-order valence-electron chi connectivity index (χ4n) is 4.46. The van der Waals surface area contributed by atoms with E-state index in [2.05, 4.69) is 61.5 Å². The lowest BCUT2D eigenvalue weighted by molar-refractivity contribution is 0.191. The Morgan fingerprint density at radius 3 is 2.39 bits per heavy atom. The van der Waals surface area contributed by atoms with E-state index in [9.17, 15) is 4.79 Å². The molecule has 2 amide bonds. The van der Waals surface area contributed by atoms with Gasteiger partial charge in [-0.2, -0.15) is 0 Å². The maximum Gasteiger partial charge on any atom is 0.317 e. The average Bonchev–Trinajstić information content (AvgIpc) is 3.24. The van der Waals surface area contributed by atoms with Crippen molar-refractivity contribution in [2.24, 2.45) is 0 Å². The van der Waals surface area contributed by atoms with Crippen LogP contribution in [0.5, 0.6) is 0 Å². The summed E-state index contributed by atoms with van der Waals surface area (Å²) in [6.45, 7) is 3.80. The van der Waals surface area contributed by atoms with Crippen molar-refractivity contribution >= 4 is 27.8 Å². The standard InChI is InChI=1S/C22H27BrN4O/c23-19-8-9-20(24-16-19)26-12-14-27(15-13-26)21(28)25-17-22(10-4-5-11-22)18-6-2-1-3-7-18/h1-3,6-9,16H,4-5,10-15,17H2,(H,25,28). The Labute approximate surface area is 175 Å². The average molecular weight is 443 g/mol. The zero-order valence-electron chi connectivity index (χ0n) is 16.1. The van der Waals surface area contributed by atoms with E-state index in [1.165, 1.54) is 18.4 Å². The van der Waals surface area contributed by atoms with E-state index in [1.54, 1.807) is 0 Å². The summed E-state index contributed by atoms with van der Waals surface area (Å²) in [5.41, 5.74) is 1.46. The number of urea groups is 1. The molecule has 0 bridgehead atoms. The van der Waals surface area contributed by atoms with Crippen LogP contribution in [0.15, 0.2) is 53.1 Å². The van der Waals surface area contributed by atoms with Crippen molar-refractivity contribution in [3.05, 3.63) is 58.7 Å². The van der Waals surface area contributed by atoms with Crippen molar-refractivity contribution in [3.63, 3.8) is 0 Å². The number of pyridine rings is 1. The number of aromatic nitrogens is 1. The molecule has 6 heteroatoms. The van der Waals surface area contributed by atoms with Crippen LogP contribution in [0.4, 0.5) is 10.6 Å². The van der Waals surface area contributed by atoms with Gasteiger partial charge in [0.15, 0.2) is 0 Å². The quantitative estimate of drug-likeness (QED) is 0.771. The Kier molecular flexibility index (Phi) is 5.85. The minimum Gasteiger partial charge on any atom is -0.353 e. The minimum atomic E-state index is 0.0608. The smallest absolute Gasteiger partial charge is 0.317 e. The molecular formula is C22H27BrN4O. The molecule has 0 atom stereocenters. The van der Waals surface area contributed by atoms with Crippen molar-refractivity contribution in [2.45, 2.75) is 31.1 Å². The number of carbonyl (C=O) groups is 1. The Hall–Kier alpha value is -2.08. The number of halogens is 1. The number of nitrogens with zero attached hydrogens (tertiary/aromatic N) is 3. The molecule has 1 saturated carbocycles. The first-order valence-corrected chi connectivity index (χ1v) is 10.9. The Morgan fingerprint density at radius 2 is 1.75 bits per heavy atom. The molecular weight excluding hydrogens is 416 g/mol. The molecule has 0 radical (unpaired) electrons. The molecule has 0 spiro atoms. The zero-order chi connectivity index (χ0) is 19.4. The molecule has 5 nitrogen and oxygen atoms in total. The molecule has 1 aromatic carbocycles. The summed E-state index contributed by atoms with van der Waals surface area (Å²) in [5.74, 6) is 0.970. The van der Waals surface area contributed by atoms with Crippen molar-refractivity contribution < 1.29 is 4.79 Å². The normalized spacial score (nSPS) is 18.9. The summed E-state index contributed by atoms with van der Waals surface area (Å²) in [7, 11) is 0. The molecule has 2 aliphatic rings. The molecule has 1 aliphatic heterocycles. The van der Waals surface area contributed by atoms with Crippen molar-refractivity contribution in [3.8, 4) is 0 Å². The van der Waals surface area contributed by atoms with Gasteiger partial charge in [0.25, 0.3) is 0 Å². The highest BCUT2D eigenvalue weighted by atomic mass is 79.9. The van der Waals surface area contributed by atoms with Crippen LogP contribution in [0.3, 0.4) is 0 Å². The third-order valence-corrected chi connectivity index (χ3v) is 6.60. The van der Waals surface area contributed by atoms with Gasteiger partial charge in [0.2, 0.25) is 0 Å². The highest BCUT2D eigenvalue weighted by Gasteiger charge is 2.36. The summed E-state index contributed by atoms with van der Waals surface area (Å²) in [5, 5.41) is 3.24. The highest BCUT2D eigenvalue weighted by molar-refractivity contribution is 9.10. The van der Waals surface area contributed by atoms with Gasteiger partial charge in [-0.3, -0.25) is 0 Å². The van der Waals surface area contributed by atoms with Gasteiger partial charge in [-0.1, -0.05) is 43.2 Å². The maximum atomic E-state index is 12.8. The second-order valence-corrected chi connectivity index (χ2v) is 8.74. The molecule has 2 heterocycles. The zero-order valence-corrected chi connectivity index (χ0v) is 17.7. The number of carbonyl (C=O) groups excluding carboxylic acids is 1. The highest BCUT2D eigenvalue weighted by Crippen LogP contribution is 2.40. The summed E-state index contributed by atoms with van der Waals surface area (Å²) in [6.07, 6.45) is 6.60. The number of benzene rings is 1. The first kappa shape index (κ1) is 19.2. The molecule has 1 aromatic heterocycles. The number of hydrogen-bond acceptors (Lipinski definition) is 3. The Morgan fingerprint density at radius 1 is 1.04 bits per heavy atom. The van der Waals surface area contributed by atoms with Crippen LogP contribution in [0, 0.1) is 0 Å². The first-order chi connectivity index (χ1) is 13.7. The summed E-state index contributed by atoms with van der Waals surface area (Å²) < 4.78 is 0.980. The van der Waals surface area contributed by atoms with Crippen LogP contribution in [-0.4, -0.2) is 48.6 Å². The van der Waals surface area contributed by atoms with E-state index in [-0.39, 0.29) is 11.4 Å². The number of amides is 2. The number of hydrogen-bond donors (Lipinski definition) is 1. The lowest BCUT2D eigenvalue weighted by atomic mass is 9.79. The second-order valence-electron chi connectivity index (χ2n) is 7.82. The van der Waals surface area contributed by atoms with E-state index in [1.807, 2.05) is 23.2 Å². The van der Waals surface area contributed by atoms with Crippen LogP contribution < -0.4 is 10.2 Å². The molecule has 1 saturated heterocycles. The number of rotatable bonds is 4. The van der Waals surface area contributed by atoms with Gasteiger partial charge in [0.05, 0.1) is 0 Å². The molecule has 1 N–H and O–H groups in total. The second kappa shape index (κ2) is 8.52. The lowest BCUT2D eigenvalue weighted by Crippen LogP contribution is -2.53. The summed E-state index contributed by atoms with van der Waals surface area (Å²) >= 11 is 3.42. The van der Waals surface area contributed by atoms with Crippen molar-refractivity contribution in [1.29, 1.82) is 0 Å². The van der Waals surface area contributed by atoms with Crippen molar-refractivity contribution in [2.75, 3.05) is 37.6 Å². The SMILES string of the molecule is O=C(NCC1(c2ccccc2)CCCC1)N1CCN(c2ccc(Br)cn2)CC1. The molecule has 2 fully saturated rings. The van der Waals surface area contributed by atoms with E-state index in [4.69, 9.17) is 0 Å². The molecule has 4 rings (SSSR count). The summed E-state index contributed by atoms with van der Waals surface area (Å²) in [4.78, 5) is 21.4. The molecule has 148 valence electrons. The van der Waals surface area contributed by atoms with Gasteiger partial charge < -0.3 is 15.1 Å². The molecule has 2 aromatic rings. The van der Waals surface area contributed by atoms with Gasteiger partial charge in [0, 0.05) is 48.8 Å². The summed E-state index contributed by atoms with van der Waals surface area (Å²) in [6, 6.07) is 14.8. The molecule has 0 unspecified atom stereocenters. The molecule has 1 aliphatic carbocycles.